The minimum absolute atomic E-state index is 0.0728. The summed E-state index contributed by atoms with van der Waals surface area (Å²) >= 11 is 0. The zero-order valence-corrected chi connectivity index (χ0v) is 17.9. The van der Waals surface area contributed by atoms with Gasteiger partial charge in [-0.3, -0.25) is 0 Å². The molecular weight excluding hydrogens is 376 g/mol. The van der Waals surface area contributed by atoms with Gasteiger partial charge in [-0.05, 0) is 97.1 Å². The van der Waals surface area contributed by atoms with Crippen molar-refractivity contribution in [1.82, 2.24) is 0 Å². The van der Waals surface area contributed by atoms with Crippen LogP contribution in [0.3, 0.4) is 0 Å². The highest BCUT2D eigenvalue weighted by atomic mass is 19.1. The second-order valence-electron chi connectivity index (χ2n) is 9.26. The van der Waals surface area contributed by atoms with Crippen LogP contribution in [0.25, 0.3) is 0 Å². The smallest absolute Gasteiger partial charge is 0.144 e. The number of nitriles is 1. The normalized spacial score (nSPS) is 23.6. The fraction of sp³-hybridized carbons (Fsp3) is 0.519. The standard InChI is InChI=1S/C27H31F2N/c1-2-3-4-18-5-7-19(8-6-18)20-11-13-24(26(28)16-20)21-12-14-25-22(15-21)9-10-23(17-30)27(25)29/h9-11,13,16,18-19,21H,2-8,12,14-15H2,1H3. The minimum Gasteiger partial charge on any atom is -0.207 e. The monoisotopic (exact) mass is 407 g/mol. The van der Waals surface area contributed by atoms with Crippen molar-refractivity contribution in [1.29, 1.82) is 5.26 Å². The number of fused-ring (bicyclic) bond motifs is 1. The van der Waals surface area contributed by atoms with Gasteiger partial charge in [-0.15, -0.1) is 0 Å². The molecule has 0 bridgehead atoms. The summed E-state index contributed by atoms with van der Waals surface area (Å²) in [7, 11) is 0. The zero-order chi connectivity index (χ0) is 21.1. The van der Waals surface area contributed by atoms with E-state index in [-0.39, 0.29) is 23.1 Å². The van der Waals surface area contributed by atoms with Crippen molar-refractivity contribution in [2.75, 3.05) is 0 Å². The highest BCUT2D eigenvalue weighted by molar-refractivity contribution is 5.43. The Bertz CT molecular complexity index is 935. The van der Waals surface area contributed by atoms with Gasteiger partial charge in [0.25, 0.3) is 0 Å². The summed E-state index contributed by atoms with van der Waals surface area (Å²) in [6, 6.07) is 11.2. The number of halogens is 2. The van der Waals surface area contributed by atoms with Crippen molar-refractivity contribution in [3.63, 3.8) is 0 Å². The van der Waals surface area contributed by atoms with Crippen LogP contribution in [0.1, 0.15) is 97.9 Å². The van der Waals surface area contributed by atoms with Gasteiger partial charge in [-0.2, -0.15) is 5.26 Å². The molecule has 2 aromatic rings. The molecule has 0 N–H and O–H groups in total. The lowest BCUT2D eigenvalue weighted by molar-refractivity contribution is 0.304. The molecule has 0 saturated heterocycles. The molecule has 0 aromatic heterocycles. The van der Waals surface area contributed by atoms with Crippen LogP contribution >= 0.6 is 0 Å². The van der Waals surface area contributed by atoms with Crippen LogP contribution in [0.15, 0.2) is 30.3 Å². The average Bonchev–Trinajstić information content (AvgIpc) is 2.78. The summed E-state index contributed by atoms with van der Waals surface area (Å²) in [6.45, 7) is 2.25. The Kier molecular flexibility index (Phi) is 6.52. The molecule has 2 aromatic carbocycles. The van der Waals surface area contributed by atoms with E-state index in [0.717, 1.165) is 29.0 Å². The Balaban J connectivity index is 1.44. The van der Waals surface area contributed by atoms with Crippen LogP contribution in [0.4, 0.5) is 8.78 Å². The Morgan fingerprint density at radius 2 is 1.80 bits per heavy atom. The highest BCUT2D eigenvalue weighted by Gasteiger charge is 2.27. The van der Waals surface area contributed by atoms with Crippen LogP contribution in [0.2, 0.25) is 0 Å². The van der Waals surface area contributed by atoms with Crippen molar-refractivity contribution in [2.24, 2.45) is 5.92 Å². The lowest BCUT2D eigenvalue weighted by atomic mass is 9.76. The molecular formula is C27H31F2N. The topological polar surface area (TPSA) is 23.8 Å². The fourth-order valence-electron chi connectivity index (χ4n) is 5.57. The maximum Gasteiger partial charge on any atom is 0.144 e. The lowest BCUT2D eigenvalue weighted by Crippen LogP contribution is -2.17. The number of hydrogen-bond acceptors (Lipinski definition) is 1. The summed E-state index contributed by atoms with van der Waals surface area (Å²) in [5.74, 6) is 0.914. The largest absolute Gasteiger partial charge is 0.207 e. The quantitative estimate of drug-likeness (QED) is 0.501. The third kappa shape index (κ3) is 4.29. The number of hydrogen-bond donors (Lipinski definition) is 0. The number of unbranched alkanes of at least 4 members (excludes halogenated alkanes) is 1. The van der Waals surface area contributed by atoms with Crippen LogP contribution in [-0.4, -0.2) is 0 Å². The third-order valence-corrected chi connectivity index (χ3v) is 7.42. The second kappa shape index (κ2) is 9.29. The second-order valence-corrected chi connectivity index (χ2v) is 9.26. The predicted octanol–water partition coefficient (Wildman–Crippen LogP) is 7.57. The van der Waals surface area contributed by atoms with E-state index in [2.05, 4.69) is 13.0 Å². The van der Waals surface area contributed by atoms with Crippen LogP contribution in [0.5, 0.6) is 0 Å². The molecule has 1 fully saturated rings. The van der Waals surface area contributed by atoms with Crippen molar-refractivity contribution >= 4 is 0 Å². The number of rotatable bonds is 5. The summed E-state index contributed by atoms with van der Waals surface area (Å²) in [5.41, 5.74) is 3.56. The van der Waals surface area contributed by atoms with E-state index in [1.54, 1.807) is 12.1 Å². The summed E-state index contributed by atoms with van der Waals surface area (Å²) in [6.07, 6.45) is 10.7. The maximum atomic E-state index is 15.1. The van der Waals surface area contributed by atoms with Gasteiger partial charge in [-0.1, -0.05) is 44.4 Å². The summed E-state index contributed by atoms with van der Waals surface area (Å²) in [4.78, 5) is 0. The summed E-state index contributed by atoms with van der Waals surface area (Å²) < 4.78 is 29.5. The van der Waals surface area contributed by atoms with E-state index >= 15 is 4.39 Å². The van der Waals surface area contributed by atoms with E-state index in [1.807, 2.05) is 18.2 Å². The van der Waals surface area contributed by atoms with E-state index in [9.17, 15) is 4.39 Å². The lowest BCUT2D eigenvalue weighted by Gasteiger charge is -2.30. The maximum absolute atomic E-state index is 15.1. The molecule has 0 aliphatic heterocycles. The van der Waals surface area contributed by atoms with Gasteiger partial charge in [0.15, 0.2) is 0 Å². The van der Waals surface area contributed by atoms with Crippen LogP contribution < -0.4 is 0 Å². The molecule has 2 aliphatic rings. The molecule has 0 amide bonds. The molecule has 2 aliphatic carbocycles. The van der Waals surface area contributed by atoms with E-state index in [4.69, 9.17) is 5.26 Å². The Morgan fingerprint density at radius 3 is 2.50 bits per heavy atom. The Hall–Kier alpha value is -2.21. The van der Waals surface area contributed by atoms with E-state index < -0.39 is 0 Å². The fourth-order valence-corrected chi connectivity index (χ4v) is 5.57. The van der Waals surface area contributed by atoms with Gasteiger partial charge < -0.3 is 0 Å². The molecule has 1 atom stereocenters. The molecule has 0 radical (unpaired) electrons. The van der Waals surface area contributed by atoms with E-state index in [0.29, 0.717) is 24.3 Å². The molecule has 1 unspecified atom stereocenters. The van der Waals surface area contributed by atoms with Crippen LogP contribution in [-0.2, 0) is 12.8 Å². The molecule has 1 saturated carbocycles. The SMILES string of the molecule is CCCCC1CCC(c2ccc(C3CCc4c(ccc(C#N)c4F)C3)c(F)c2)CC1. The first-order valence-electron chi connectivity index (χ1n) is 11.6. The molecule has 30 heavy (non-hydrogen) atoms. The number of nitrogens with zero attached hydrogens (tertiary/aromatic N) is 1. The predicted molar refractivity (Wildman–Crippen MR) is 117 cm³/mol. The summed E-state index contributed by atoms with van der Waals surface area (Å²) in [5, 5.41) is 9.03. The zero-order valence-electron chi connectivity index (χ0n) is 17.9. The molecule has 0 heterocycles. The average molecular weight is 408 g/mol. The van der Waals surface area contributed by atoms with Crippen molar-refractivity contribution in [2.45, 2.75) is 83.0 Å². The van der Waals surface area contributed by atoms with Gasteiger partial charge >= 0.3 is 0 Å². The molecule has 0 spiro atoms. The van der Waals surface area contributed by atoms with Crippen molar-refractivity contribution in [3.8, 4) is 6.07 Å². The third-order valence-electron chi connectivity index (χ3n) is 7.42. The van der Waals surface area contributed by atoms with Gasteiger partial charge in [-0.25, -0.2) is 8.78 Å². The number of benzene rings is 2. The van der Waals surface area contributed by atoms with Gasteiger partial charge in [0.1, 0.15) is 17.7 Å². The molecule has 4 rings (SSSR count). The van der Waals surface area contributed by atoms with Gasteiger partial charge in [0.2, 0.25) is 0 Å². The van der Waals surface area contributed by atoms with Crippen molar-refractivity contribution < 1.29 is 8.78 Å². The Morgan fingerprint density at radius 1 is 1.00 bits per heavy atom. The first-order chi connectivity index (χ1) is 14.6. The van der Waals surface area contributed by atoms with Gasteiger partial charge in [0.05, 0.1) is 5.56 Å². The highest BCUT2D eigenvalue weighted by Crippen LogP contribution is 2.40. The van der Waals surface area contributed by atoms with Crippen LogP contribution in [0, 0.1) is 28.9 Å². The van der Waals surface area contributed by atoms with E-state index in [1.165, 1.54) is 44.9 Å². The molecule has 1 nitrogen and oxygen atoms in total. The van der Waals surface area contributed by atoms with Crippen molar-refractivity contribution in [3.05, 3.63) is 69.8 Å². The molecule has 158 valence electrons. The first kappa shape index (κ1) is 21.0. The Labute approximate surface area is 179 Å². The molecule has 3 heteroatoms. The van der Waals surface area contributed by atoms with Gasteiger partial charge in [0, 0.05) is 0 Å². The minimum atomic E-state index is -0.390. The first-order valence-corrected chi connectivity index (χ1v) is 11.6.